The summed E-state index contributed by atoms with van der Waals surface area (Å²) < 4.78 is 26.4. The lowest BCUT2D eigenvalue weighted by Gasteiger charge is -2.30. The van der Waals surface area contributed by atoms with Gasteiger partial charge in [0, 0.05) is 19.0 Å². The van der Waals surface area contributed by atoms with Crippen LogP contribution in [-0.2, 0) is 14.8 Å². The highest BCUT2D eigenvalue weighted by Crippen LogP contribution is 2.36. The predicted molar refractivity (Wildman–Crippen MR) is 82.1 cm³/mol. The predicted octanol–water partition coefficient (Wildman–Crippen LogP) is 2.53. The molecule has 1 aromatic rings. The van der Waals surface area contributed by atoms with Gasteiger partial charge in [0.15, 0.2) is 0 Å². The fourth-order valence-electron chi connectivity index (χ4n) is 2.23. The average Bonchev–Trinajstić information content (AvgIpc) is 2.44. The molecule has 0 aromatic heterocycles. The molecule has 0 saturated carbocycles. The molecule has 1 heterocycles. The van der Waals surface area contributed by atoms with Gasteiger partial charge in [-0.15, -0.1) is 0 Å². The molecule has 2 N–H and O–H groups in total. The average molecular weight is 372 g/mol. The quantitative estimate of drug-likeness (QED) is 0.829. The Morgan fingerprint density at radius 1 is 1.14 bits per heavy atom. The van der Waals surface area contributed by atoms with Crippen molar-refractivity contribution in [2.75, 3.05) is 13.1 Å². The van der Waals surface area contributed by atoms with E-state index < -0.39 is 15.9 Å². The Labute approximate surface area is 138 Å². The molecule has 116 valence electrons. The molecule has 1 aliphatic heterocycles. The molecule has 21 heavy (non-hydrogen) atoms. The van der Waals surface area contributed by atoms with Crippen molar-refractivity contribution in [1.82, 2.24) is 4.31 Å². The number of benzene rings is 1. The van der Waals surface area contributed by atoms with Crippen molar-refractivity contribution in [1.29, 1.82) is 0 Å². The van der Waals surface area contributed by atoms with Crippen molar-refractivity contribution in [3.05, 3.63) is 27.2 Å². The summed E-state index contributed by atoms with van der Waals surface area (Å²) in [6, 6.07) is 2.71. The lowest BCUT2D eigenvalue weighted by molar-refractivity contribution is -0.122. The van der Waals surface area contributed by atoms with Crippen molar-refractivity contribution in [2.24, 2.45) is 11.7 Å². The summed E-state index contributed by atoms with van der Waals surface area (Å²) in [7, 11) is -3.77. The molecule has 1 aromatic carbocycles. The van der Waals surface area contributed by atoms with Gasteiger partial charge in [0.2, 0.25) is 15.9 Å². The minimum Gasteiger partial charge on any atom is -0.369 e. The number of amides is 1. The standard InChI is InChI=1S/C12H13Cl3N2O3S/c13-8-1-2-9(11(15)10(8)14)21(19,20)17-5-3-7(4-6-17)12(16)18/h1-2,7H,3-6H2,(H2,16,18). The molecule has 9 heteroatoms. The molecule has 1 aliphatic rings. The molecule has 0 aliphatic carbocycles. The third-order valence-electron chi connectivity index (χ3n) is 3.47. The maximum Gasteiger partial charge on any atom is 0.244 e. The highest BCUT2D eigenvalue weighted by Gasteiger charge is 2.33. The Balaban J connectivity index is 2.28. The highest BCUT2D eigenvalue weighted by atomic mass is 35.5. The lowest BCUT2D eigenvalue weighted by atomic mass is 9.98. The first-order valence-corrected chi connectivity index (χ1v) is 8.75. The second-order valence-corrected chi connectivity index (χ2v) is 7.82. The summed E-state index contributed by atoms with van der Waals surface area (Å²) in [5, 5.41) is 0.0978. The van der Waals surface area contributed by atoms with Gasteiger partial charge in [-0.3, -0.25) is 4.79 Å². The van der Waals surface area contributed by atoms with Gasteiger partial charge in [-0.2, -0.15) is 4.31 Å². The van der Waals surface area contributed by atoms with Gasteiger partial charge in [0.05, 0.1) is 15.1 Å². The second-order valence-electron chi connectivity index (χ2n) is 4.75. The van der Waals surface area contributed by atoms with E-state index in [2.05, 4.69) is 0 Å². The summed E-state index contributed by atoms with van der Waals surface area (Å²) in [5.41, 5.74) is 5.23. The summed E-state index contributed by atoms with van der Waals surface area (Å²) >= 11 is 17.7. The Kier molecular flexibility index (Phi) is 5.05. The van der Waals surface area contributed by atoms with Crippen LogP contribution in [0.1, 0.15) is 12.8 Å². The summed E-state index contributed by atoms with van der Waals surface area (Å²) in [6.45, 7) is 0.430. The fraction of sp³-hybridized carbons (Fsp3) is 0.417. The van der Waals surface area contributed by atoms with Gasteiger partial charge in [0.1, 0.15) is 4.90 Å². The van der Waals surface area contributed by atoms with E-state index in [1.807, 2.05) is 0 Å². The Morgan fingerprint density at radius 2 is 1.71 bits per heavy atom. The summed E-state index contributed by atoms with van der Waals surface area (Å²) in [5.74, 6) is -0.694. The number of hydrogen-bond acceptors (Lipinski definition) is 3. The first-order valence-electron chi connectivity index (χ1n) is 6.18. The Hall–Kier alpha value is -0.530. The van der Waals surface area contributed by atoms with Crippen LogP contribution >= 0.6 is 34.8 Å². The molecule has 0 atom stereocenters. The van der Waals surface area contributed by atoms with Gasteiger partial charge >= 0.3 is 0 Å². The third kappa shape index (κ3) is 3.29. The largest absolute Gasteiger partial charge is 0.369 e. The first kappa shape index (κ1) is 16.8. The topological polar surface area (TPSA) is 80.5 Å². The van der Waals surface area contributed by atoms with Crippen LogP contribution in [0.5, 0.6) is 0 Å². The fourth-order valence-corrected chi connectivity index (χ4v) is 4.65. The van der Waals surface area contributed by atoms with E-state index in [0.29, 0.717) is 12.8 Å². The van der Waals surface area contributed by atoms with Gasteiger partial charge in [0.25, 0.3) is 0 Å². The van der Waals surface area contributed by atoms with E-state index in [9.17, 15) is 13.2 Å². The van der Waals surface area contributed by atoms with Crippen LogP contribution < -0.4 is 5.73 Å². The van der Waals surface area contributed by atoms with E-state index in [4.69, 9.17) is 40.5 Å². The van der Waals surface area contributed by atoms with Gasteiger partial charge in [-0.25, -0.2) is 8.42 Å². The minimum atomic E-state index is -3.77. The van der Waals surface area contributed by atoms with Gasteiger partial charge < -0.3 is 5.73 Å². The summed E-state index contributed by atoms with van der Waals surface area (Å²) in [4.78, 5) is 11.0. The van der Waals surface area contributed by atoms with E-state index in [1.54, 1.807) is 0 Å². The number of hydrogen-bond donors (Lipinski definition) is 1. The highest BCUT2D eigenvalue weighted by molar-refractivity contribution is 7.89. The maximum atomic E-state index is 12.6. The molecular weight excluding hydrogens is 359 g/mol. The number of nitrogens with zero attached hydrogens (tertiary/aromatic N) is 1. The number of carbonyl (C=O) groups is 1. The SMILES string of the molecule is NC(=O)C1CCN(S(=O)(=O)c2ccc(Cl)c(Cl)c2Cl)CC1. The van der Waals surface area contributed by atoms with Crippen molar-refractivity contribution in [3.8, 4) is 0 Å². The molecule has 2 rings (SSSR count). The number of primary amides is 1. The molecule has 0 unspecified atom stereocenters. The second kappa shape index (κ2) is 6.30. The molecule has 1 saturated heterocycles. The Morgan fingerprint density at radius 3 is 2.24 bits per heavy atom. The normalized spacial score (nSPS) is 17.9. The zero-order chi connectivity index (χ0) is 15.8. The van der Waals surface area contributed by atoms with Crippen LogP contribution in [0.3, 0.4) is 0 Å². The van der Waals surface area contributed by atoms with E-state index in [0.717, 1.165) is 0 Å². The molecular formula is C12H13Cl3N2O3S. The number of rotatable bonds is 3. The molecule has 1 fully saturated rings. The molecule has 0 bridgehead atoms. The zero-order valence-electron chi connectivity index (χ0n) is 10.9. The molecule has 1 amide bonds. The third-order valence-corrected chi connectivity index (χ3v) is 6.82. The van der Waals surface area contributed by atoms with E-state index >= 15 is 0 Å². The number of piperidine rings is 1. The molecule has 0 spiro atoms. The van der Waals surface area contributed by atoms with Crippen LogP contribution in [-0.4, -0.2) is 31.7 Å². The minimum absolute atomic E-state index is 0.00595. The maximum absolute atomic E-state index is 12.6. The smallest absolute Gasteiger partial charge is 0.244 e. The lowest BCUT2D eigenvalue weighted by Crippen LogP contribution is -2.41. The van der Waals surface area contributed by atoms with Crippen LogP contribution in [0.15, 0.2) is 17.0 Å². The van der Waals surface area contributed by atoms with Gasteiger partial charge in [-0.05, 0) is 25.0 Å². The van der Waals surface area contributed by atoms with Crippen molar-refractivity contribution >= 4 is 50.7 Å². The molecule has 0 radical (unpaired) electrons. The van der Waals surface area contributed by atoms with Crippen molar-refractivity contribution in [3.63, 3.8) is 0 Å². The Bertz CT molecular complexity index is 671. The first-order chi connectivity index (χ1) is 9.75. The molecule has 5 nitrogen and oxygen atoms in total. The monoisotopic (exact) mass is 370 g/mol. The van der Waals surface area contributed by atoms with Crippen LogP contribution in [0.25, 0.3) is 0 Å². The van der Waals surface area contributed by atoms with Crippen molar-refractivity contribution < 1.29 is 13.2 Å². The van der Waals surface area contributed by atoms with Crippen LogP contribution in [0.4, 0.5) is 0 Å². The van der Waals surface area contributed by atoms with E-state index in [1.165, 1.54) is 16.4 Å². The van der Waals surface area contributed by atoms with Crippen LogP contribution in [0.2, 0.25) is 15.1 Å². The number of halogens is 3. The number of carbonyl (C=O) groups excluding carboxylic acids is 1. The zero-order valence-corrected chi connectivity index (χ0v) is 13.9. The van der Waals surface area contributed by atoms with Crippen molar-refractivity contribution in [2.45, 2.75) is 17.7 Å². The number of sulfonamides is 1. The van der Waals surface area contributed by atoms with E-state index in [-0.39, 0.29) is 39.0 Å². The number of nitrogens with two attached hydrogens (primary N) is 1. The van der Waals surface area contributed by atoms with Crippen LogP contribution in [0, 0.1) is 5.92 Å². The van der Waals surface area contributed by atoms with Gasteiger partial charge in [-0.1, -0.05) is 34.8 Å². The summed E-state index contributed by atoms with van der Waals surface area (Å²) in [6.07, 6.45) is 0.793.